The van der Waals surface area contributed by atoms with Gasteiger partial charge in [0.2, 0.25) is 0 Å². The molecule has 3 nitrogen and oxygen atoms in total. The monoisotopic (exact) mass is 297 g/mol. The van der Waals surface area contributed by atoms with Gasteiger partial charge in [-0.3, -0.25) is 0 Å². The van der Waals surface area contributed by atoms with Gasteiger partial charge in [-0.15, -0.1) is 11.3 Å². The van der Waals surface area contributed by atoms with Crippen LogP contribution in [0.4, 0.5) is 0 Å². The first-order valence-electron chi connectivity index (χ1n) is 7.08. The number of aryl methyl sites for hydroxylation is 2. The molecule has 0 atom stereocenters. The van der Waals surface area contributed by atoms with Crippen molar-refractivity contribution in [2.24, 2.45) is 0 Å². The molecule has 0 saturated heterocycles. The van der Waals surface area contributed by atoms with Crippen molar-refractivity contribution < 1.29 is 0 Å². The van der Waals surface area contributed by atoms with Gasteiger partial charge in [0.05, 0.1) is 5.69 Å². The van der Waals surface area contributed by atoms with E-state index in [2.05, 4.69) is 54.6 Å². The Morgan fingerprint density at radius 2 is 1.95 bits per heavy atom. The SMILES string of the molecule is Cc1cc(CNCc2ccc(-n3cccn3)cc2)sc1C. The zero-order valence-electron chi connectivity index (χ0n) is 12.3. The molecule has 108 valence electrons. The third-order valence-electron chi connectivity index (χ3n) is 3.55. The van der Waals surface area contributed by atoms with Gasteiger partial charge in [-0.25, -0.2) is 4.68 Å². The van der Waals surface area contributed by atoms with Crippen LogP contribution in [0.5, 0.6) is 0 Å². The smallest absolute Gasteiger partial charge is 0.0645 e. The summed E-state index contributed by atoms with van der Waals surface area (Å²) in [5.41, 5.74) is 3.77. The van der Waals surface area contributed by atoms with E-state index < -0.39 is 0 Å². The molecular weight excluding hydrogens is 278 g/mol. The molecule has 21 heavy (non-hydrogen) atoms. The number of benzene rings is 1. The molecule has 0 aliphatic heterocycles. The summed E-state index contributed by atoms with van der Waals surface area (Å²) in [6, 6.07) is 12.7. The summed E-state index contributed by atoms with van der Waals surface area (Å²) in [4.78, 5) is 2.81. The summed E-state index contributed by atoms with van der Waals surface area (Å²) in [6.45, 7) is 6.16. The van der Waals surface area contributed by atoms with E-state index in [9.17, 15) is 0 Å². The van der Waals surface area contributed by atoms with Crippen LogP contribution in [-0.4, -0.2) is 9.78 Å². The van der Waals surface area contributed by atoms with Crippen LogP contribution in [0.1, 0.15) is 20.9 Å². The number of thiophene rings is 1. The number of rotatable bonds is 5. The van der Waals surface area contributed by atoms with E-state index in [0.29, 0.717) is 0 Å². The largest absolute Gasteiger partial charge is 0.308 e. The fraction of sp³-hybridized carbons (Fsp3) is 0.235. The van der Waals surface area contributed by atoms with E-state index in [1.54, 1.807) is 6.20 Å². The average molecular weight is 297 g/mol. The van der Waals surface area contributed by atoms with Crippen molar-refractivity contribution >= 4 is 11.3 Å². The molecule has 0 amide bonds. The van der Waals surface area contributed by atoms with E-state index in [1.807, 2.05) is 28.3 Å². The number of nitrogens with zero attached hydrogens (tertiary/aromatic N) is 2. The van der Waals surface area contributed by atoms with Gasteiger partial charge in [0.25, 0.3) is 0 Å². The molecule has 2 heterocycles. The highest BCUT2D eigenvalue weighted by molar-refractivity contribution is 7.12. The normalized spacial score (nSPS) is 11.0. The summed E-state index contributed by atoms with van der Waals surface area (Å²) < 4.78 is 1.87. The lowest BCUT2D eigenvalue weighted by atomic mass is 10.2. The Bertz CT molecular complexity index is 677. The lowest BCUT2D eigenvalue weighted by Gasteiger charge is -2.05. The summed E-state index contributed by atoms with van der Waals surface area (Å²) >= 11 is 1.88. The number of hydrogen-bond donors (Lipinski definition) is 1. The minimum Gasteiger partial charge on any atom is -0.308 e. The number of nitrogens with one attached hydrogen (secondary N) is 1. The first kappa shape index (κ1) is 14.0. The predicted molar refractivity (Wildman–Crippen MR) is 87.9 cm³/mol. The average Bonchev–Trinajstić information content (AvgIpc) is 3.11. The van der Waals surface area contributed by atoms with E-state index >= 15 is 0 Å². The second-order valence-corrected chi connectivity index (χ2v) is 6.51. The van der Waals surface area contributed by atoms with Crippen LogP contribution in [0, 0.1) is 13.8 Å². The molecule has 4 heteroatoms. The quantitative estimate of drug-likeness (QED) is 0.775. The van der Waals surface area contributed by atoms with Crippen LogP contribution in [0.2, 0.25) is 0 Å². The van der Waals surface area contributed by atoms with Crippen molar-refractivity contribution in [3.05, 3.63) is 69.7 Å². The molecule has 0 unspecified atom stereocenters. The molecule has 0 radical (unpaired) electrons. The molecule has 1 N–H and O–H groups in total. The molecule has 0 spiro atoms. The van der Waals surface area contributed by atoms with Gasteiger partial charge in [-0.2, -0.15) is 5.10 Å². The molecule has 3 rings (SSSR count). The Morgan fingerprint density at radius 3 is 2.57 bits per heavy atom. The van der Waals surface area contributed by atoms with Crippen LogP contribution in [0.3, 0.4) is 0 Å². The summed E-state index contributed by atoms with van der Waals surface area (Å²) in [6.07, 6.45) is 3.75. The second-order valence-electron chi connectivity index (χ2n) is 5.17. The highest BCUT2D eigenvalue weighted by atomic mass is 32.1. The van der Waals surface area contributed by atoms with Gasteiger partial charge in [0.1, 0.15) is 0 Å². The van der Waals surface area contributed by atoms with Crippen LogP contribution in [0.15, 0.2) is 48.8 Å². The molecular formula is C17H19N3S. The van der Waals surface area contributed by atoms with Crippen molar-refractivity contribution in [1.82, 2.24) is 15.1 Å². The topological polar surface area (TPSA) is 29.9 Å². The maximum atomic E-state index is 4.23. The summed E-state index contributed by atoms with van der Waals surface area (Å²) in [7, 11) is 0. The fourth-order valence-corrected chi connectivity index (χ4v) is 3.28. The predicted octanol–water partition coefficient (Wildman–Crippen LogP) is 3.84. The van der Waals surface area contributed by atoms with Crippen LogP contribution in [0.25, 0.3) is 5.69 Å². The van der Waals surface area contributed by atoms with E-state index in [-0.39, 0.29) is 0 Å². The van der Waals surface area contributed by atoms with E-state index in [0.717, 1.165) is 18.8 Å². The van der Waals surface area contributed by atoms with E-state index in [1.165, 1.54) is 20.9 Å². The van der Waals surface area contributed by atoms with Crippen LogP contribution in [-0.2, 0) is 13.1 Å². The molecule has 0 aliphatic carbocycles. The molecule has 1 aromatic carbocycles. The molecule has 0 aliphatic rings. The van der Waals surface area contributed by atoms with Gasteiger partial charge < -0.3 is 5.32 Å². The Kier molecular flexibility index (Phi) is 4.18. The van der Waals surface area contributed by atoms with Crippen molar-refractivity contribution in [3.8, 4) is 5.69 Å². The van der Waals surface area contributed by atoms with Gasteiger partial charge >= 0.3 is 0 Å². The second kappa shape index (κ2) is 6.24. The van der Waals surface area contributed by atoms with Crippen molar-refractivity contribution in [1.29, 1.82) is 0 Å². The van der Waals surface area contributed by atoms with Crippen molar-refractivity contribution in [2.75, 3.05) is 0 Å². The Hall–Kier alpha value is -1.91. The number of hydrogen-bond acceptors (Lipinski definition) is 3. The van der Waals surface area contributed by atoms with Gasteiger partial charge in [0.15, 0.2) is 0 Å². The zero-order chi connectivity index (χ0) is 14.7. The Balaban J connectivity index is 1.56. The van der Waals surface area contributed by atoms with Crippen molar-refractivity contribution in [2.45, 2.75) is 26.9 Å². The highest BCUT2D eigenvalue weighted by Crippen LogP contribution is 2.20. The maximum absolute atomic E-state index is 4.23. The van der Waals surface area contributed by atoms with Gasteiger partial charge in [0, 0.05) is 35.2 Å². The Morgan fingerprint density at radius 1 is 1.14 bits per heavy atom. The van der Waals surface area contributed by atoms with Gasteiger partial charge in [-0.1, -0.05) is 12.1 Å². The molecule has 0 bridgehead atoms. The van der Waals surface area contributed by atoms with Crippen LogP contribution < -0.4 is 5.32 Å². The Labute approximate surface area is 129 Å². The minimum atomic E-state index is 0.884. The highest BCUT2D eigenvalue weighted by Gasteiger charge is 2.01. The first-order chi connectivity index (χ1) is 10.2. The summed E-state index contributed by atoms with van der Waals surface area (Å²) in [5.74, 6) is 0. The molecule has 3 aromatic rings. The fourth-order valence-electron chi connectivity index (χ4n) is 2.25. The van der Waals surface area contributed by atoms with Gasteiger partial charge in [-0.05, 0) is 49.2 Å². The molecule has 0 saturated carbocycles. The zero-order valence-corrected chi connectivity index (χ0v) is 13.2. The van der Waals surface area contributed by atoms with Crippen LogP contribution >= 0.6 is 11.3 Å². The summed E-state index contributed by atoms with van der Waals surface area (Å²) in [5, 5.41) is 7.73. The number of aromatic nitrogens is 2. The first-order valence-corrected chi connectivity index (χ1v) is 7.89. The third-order valence-corrected chi connectivity index (χ3v) is 4.70. The lowest BCUT2D eigenvalue weighted by molar-refractivity contribution is 0.700. The standard InChI is InChI=1S/C17H19N3S/c1-13-10-17(21-14(13)2)12-18-11-15-4-6-16(7-5-15)20-9-3-8-19-20/h3-10,18H,11-12H2,1-2H3. The lowest BCUT2D eigenvalue weighted by Crippen LogP contribution is -2.11. The molecule has 0 fully saturated rings. The van der Waals surface area contributed by atoms with Crippen molar-refractivity contribution in [3.63, 3.8) is 0 Å². The van der Waals surface area contributed by atoms with E-state index in [4.69, 9.17) is 0 Å². The molecule has 2 aromatic heterocycles. The third kappa shape index (κ3) is 3.40. The maximum Gasteiger partial charge on any atom is 0.0645 e. The minimum absolute atomic E-state index is 0.884.